The van der Waals surface area contributed by atoms with Crippen LogP contribution in [0.4, 0.5) is 0 Å². The summed E-state index contributed by atoms with van der Waals surface area (Å²) in [5.41, 5.74) is 5.74. The quantitative estimate of drug-likeness (QED) is 0.731. The van der Waals surface area contributed by atoms with Crippen LogP contribution in [0.3, 0.4) is 0 Å². The standard InChI is InChI=1S/C12H20N2OS/c1-16-11-5-4-10(7-11)14-12(15)8-2-3-9(13)6-8/h2-3,8-11H,4-7,13H2,1H3,(H,14,15). The molecule has 0 radical (unpaired) electrons. The summed E-state index contributed by atoms with van der Waals surface area (Å²) in [7, 11) is 0. The van der Waals surface area contributed by atoms with Gasteiger partial charge in [0, 0.05) is 17.3 Å². The molecule has 90 valence electrons. The summed E-state index contributed by atoms with van der Waals surface area (Å²) in [4.78, 5) is 11.9. The fourth-order valence-electron chi connectivity index (χ4n) is 2.52. The first kappa shape index (κ1) is 12.0. The maximum absolute atomic E-state index is 11.9. The zero-order chi connectivity index (χ0) is 11.5. The molecule has 0 heterocycles. The largest absolute Gasteiger partial charge is 0.353 e. The van der Waals surface area contributed by atoms with Crippen molar-refractivity contribution in [2.24, 2.45) is 11.7 Å². The SMILES string of the molecule is CSC1CCC(NC(=O)C2C=CC(N)C2)C1. The molecule has 0 spiro atoms. The van der Waals surface area contributed by atoms with E-state index in [0.29, 0.717) is 6.04 Å². The van der Waals surface area contributed by atoms with Crippen LogP contribution in [0.5, 0.6) is 0 Å². The summed E-state index contributed by atoms with van der Waals surface area (Å²) in [6.45, 7) is 0. The highest BCUT2D eigenvalue weighted by Gasteiger charge is 2.28. The number of carbonyl (C=O) groups excluding carboxylic acids is 1. The lowest BCUT2D eigenvalue weighted by Gasteiger charge is -2.16. The number of amides is 1. The molecular weight excluding hydrogens is 220 g/mol. The van der Waals surface area contributed by atoms with Gasteiger partial charge in [0.05, 0.1) is 5.92 Å². The molecule has 1 saturated carbocycles. The maximum atomic E-state index is 11.9. The Morgan fingerprint density at radius 2 is 2.19 bits per heavy atom. The van der Waals surface area contributed by atoms with Gasteiger partial charge in [-0.2, -0.15) is 11.8 Å². The van der Waals surface area contributed by atoms with Gasteiger partial charge in [-0.25, -0.2) is 0 Å². The van der Waals surface area contributed by atoms with E-state index in [0.717, 1.165) is 24.5 Å². The van der Waals surface area contributed by atoms with Gasteiger partial charge >= 0.3 is 0 Å². The molecule has 1 fully saturated rings. The average Bonchev–Trinajstić information content (AvgIpc) is 2.87. The molecule has 0 saturated heterocycles. The summed E-state index contributed by atoms with van der Waals surface area (Å²) in [5, 5.41) is 3.87. The Balaban J connectivity index is 1.78. The van der Waals surface area contributed by atoms with E-state index in [1.165, 1.54) is 6.42 Å². The minimum absolute atomic E-state index is 0.00308. The van der Waals surface area contributed by atoms with Crippen molar-refractivity contribution in [1.82, 2.24) is 5.32 Å². The van der Waals surface area contributed by atoms with Crippen LogP contribution >= 0.6 is 11.8 Å². The van der Waals surface area contributed by atoms with Crippen molar-refractivity contribution in [2.45, 2.75) is 43.0 Å². The minimum Gasteiger partial charge on any atom is -0.353 e. The molecule has 4 atom stereocenters. The average molecular weight is 240 g/mol. The van der Waals surface area contributed by atoms with E-state index in [9.17, 15) is 4.79 Å². The normalized spacial score (nSPS) is 37.9. The Bertz CT molecular complexity index is 293. The summed E-state index contributed by atoms with van der Waals surface area (Å²) < 4.78 is 0. The van der Waals surface area contributed by atoms with Gasteiger partial charge in [0.1, 0.15) is 0 Å². The number of rotatable bonds is 3. The van der Waals surface area contributed by atoms with Crippen molar-refractivity contribution in [3.8, 4) is 0 Å². The smallest absolute Gasteiger partial charge is 0.227 e. The molecular formula is C12H20N2OS. The first-order valence-corrected chi connectivity index (χ1v) is 7.25. The van der Waals surface area contributed by atoms with Crippen molar-refractivity contribution >= 4 is 17.7 Å². The number of carbonyl (C=O) groups is 1. The second kappa shape index (κ2) is 5.23. The van der Waals surface area contributed by atoms with Gasteiger partial charge in [0.25, 0.3) is 0 Å². The van der Waals surface area contributed by atoms with Gasteiger partial charge in [0.2, 0.25) is 5.91 Å². The lowest BCUT2D eigenvalue weighted by molar-refractivity contribution is -0.124. The number of hydrogen-bond donors (Lipinski definition) is 2. The van der Waals surface area contributed by atoms with Crippen LogP contribution in [0, 0.1) is 5.92 Å². The second-order valence-corrected chi connectivity index (χ2v) is 5.91. The van der Waals surface area contributed by atoms with Gasteiger partial charge in [-0.1, -0.05) is 12.2 Å². The number of hydrogen-bond acceptors (Lipinski definition) is 3. The molecule has 0 bridgehead atoms. The summed E-state index contributed by atoms with van der Waals surface area (Å²) in [5.74, 6) is 0.166. The molecule has 0 aliphatic heterocycles. The van der Waals surface area contributed by atoms with Crippen LogP contribution in [0.2, 0.25) is 0 Å². The predicted octanol–water partition coefficient (Wildman–Crippen LogP) is 1.29. The third-order valence-electron chi connectivity index (χ3n) is 3.52. The van der Waals surface area contributed by atoms with Crippen LogP contribution < -0.4 is 11.1 Å². The van der Waals surface area contributed by atoms with Crippen LogP contribution in [-0.2, 0) is 4.79 Å². The van der Waals surface area contributed by atoms with E-state index in [-0.39, 0.29) is 17.9 Å². The van der Waals surface area contributed by atoms with Gasteiger partial charge in [0.15, 0.2) is 0 Å². The molecule has 2 rings (SSSR count). The monoisotopic (exact) mass is 240 g/mol. The zero-order valence-corrected chi connectivity index (χ0v) is 10.5. The molecule has 2 aliphatic rings. The van der Waals surface area contributed by atoms with E-state index in [1.54, 1.807) is 0 Å². The molecule has 4 heteroatoms. The summed E-state index contributed by atoms with van der Waals surface area (Å²) in [6, 6.07) is 0.452. The van der Waals surface area contributed by atoms with Crippen LogP contribution in [0.1, 0.15) is 25.7 Å². The molecule has 16 heavy (non-hydrogen) atoms. The first-order valence-electron chi connectivity index (χ1n) is 5.96. The van der Waals surface area contributed by atoms with E-state index < -0.39 is 0 Å². The summed E-state index contributed by atoms with van der Waals surface area (Å²) in [6.07, 6.45) is 10.3. The first-order chi connectivity index (χ1) is 7.69. The molecule has 3 nitrogen and oxygen atoms in total. The highest BCUT2D eigenvalue weighted by molar-refractivity contribution is 7.99. The van der Waals surface area contributed by atoms with Crippen molar-refractivity contribution in [1.29, 1.82) is 0 Å². The highest BCUT2D eigenvalue weighted by Crippen LogP contribution is 2.28. The van der Waals surface area contributed by atoms with Gasteiger partial charge < -0.3 is 11.1 Å². The second-order valence-electron chi connectivity index (χ2n) is 4.77. The van der Waals surface area contributed by atoms with Crippen molar-refractivity contribution in [2.75, 3.05) is 6.26 Å². The van der Waals surface area contributed by atoms with Gasteiger partial charge in [-0.05, 0) is 31.9 Å². The minimum atomic E-state index is 0.00308. The lowest BCUT2D eigenvalue weighted by atomic mass is 10.1. The van der Waals surface area contributed by atoms with Crippen LogP contribution in [0.15, 0.2) is 12.2 Å². The Hall–Kier alpha value is -0.480. The van der Waals surface area contributed by atoms with E-state index in [1.807, 2.05) is 23.9 Å². The maximum Gasteiger partial charge on any atom is 0.227 e. The van der Waals surface area contributed by atoms with Crippen molar-refractivity contribution in [3.05, 3.63) is 12.2 Å². The Morgan fingerprint density at radius 3 is 2.75 bits per heavy atom. The molecule has 4 unspecified atom stereocenters. The van der Waals surface area contributed by atoms with E-state index in [2.05, 4.69) is 11.6 Å². The van der Waals surface area contributed by atoms with E-state index >= 15 is 0 Å². The van der Waals surface area contributed by atoms with Crippen molar-refractivity contribution in [3.63, 3.8) is 0 Å². The van der Waals surface area contributed by atoms with Crippen LogP contribution in [-0.4, -0.2) is 29.5 Å². The summed E-state index contributed by atoms with van der Waals surface area (Å²) >= 11 is 1.91. The molecule has 0 aromatic rings. The number of nitrogens with two attached hydrogens (primary N) is 1. The molecule has 2 aliphatic carbocycles. The molecule has 0 aromatic heterocycles. The molecule has 1 amide bonds. The fourth-order valence-corrected chi connectivity index (χ4v) is 3.31. The third kappa shape index (κ3) is 2.80. The lowest BCUT2D eigenvalue weighted by Crippen LogP contribution is -2.37. The predicted molar refractivity (Wildman–Crippen MR) is 68.3 cm³/mol. The van der Waals surface area contributed by atoms with E-state index in [4.69, 9.17) is 5.73 Å². The Labute approximate surface area is 101 Å². The Kier molecular flexibility index (Phi) is 3.92. The molecule has 0 aromatic carbocycles. The Morgan fingerprint density at radius 1 is 1.38 bits per heavy atom. The zero-order valence-electron chi connectivity index (χ0n) is 9.69. The molecule has 3 N–H and O–H groups in total. The van der Waals surface area contributed by atoms with Crippen molar-refractivity contribution < 1.29 is 4.79 Å². The number of nitrogens with one attached hydrogen (secondary N) is 1. The number of thioether (sulfide) groups is 1. The highest BCUT2D eigenvalue weighted by atomic mass is 32.2. The fraction of sp³-hybridized carbons (Fsp3) is 0.750. The third-order valence-corrected chi connectivity index (χ3v) is 4.61. The topological polar surface area (TPSA) is 55.1 Å². The van der Waals surface area contributed by atoms with Gasteiger partial charge in [-0.15, -0.1) is 0 Å². The van der Waals surface area contributed by atoms with Crippen LogP contribution in [0.25, 0.3) is 0 Å². The van der Waals surface area contributed by atoms with Gasteiger partial charge in [-0.3, -0.25) is 4.79 Å².